The molecule has 5 rings (SSSR count). The number of sulfone groups is 1. The molecule has 0 radical (unpaired) electrons. The van der Waals surface area contributed by atoms with Gasteiger partial charge < -0.3 is 19.0 Å². The molecule has 2 aliphatic rings. The zero-order chi connectivity index (χ0) is 38.2. The van der Waals surface area contributed by atoms with Crippen molar-refractivity contribution >= 4 is 62.8 Å². The Morgan fingerprint density at radius 2 is 1.56 bits per heavy atom. The number of aryl methyl sites for hydroxylation is 1. The maximum Gasteiger partial charge on any atom is 0.397 e. The lowest BCUT2D eigenvalue weighted by atomic mass is 9.93. The number of rotatable bonds is 13. The number of nitrogens with zero attached hydrogens (tertiary/aromatic N) is 1. The second kappa shape index (κ2) is 14.5. The number of nitrogens with one attached hydrogen (secondary N) is 1. The lowest BCUT2D eigenvalue weighted by molar-refractivity contribution is 0.284. The fourth-order valence-electron chi connectivity index (χ4n) is 5.54. The molecule has 20 heteroatoms. The molecule has 0 atom stereocenters. The zero-order valence-electron chi connectivity index (χ0n) is 27.6. The highest BCUT2D eigenvalue weighted by Crippen LogP contribution is 2.43. The summed E-state index contributed by atoms with van der Waals surface area (Å²) in [6.07, 6.45) is 0. The van der Waals surface area contributed by atoms with E-state index in [2.05, 4.69) is 9.50 Å². The Morgan fingerprint density at radius 3 is 2.21 bits per heavy atom. The maximum atomic E-state index is 13.0. The molecule has 0 bridgehead atoms. The molecule has 278 valence electrons. The van der Waals surface area contributed by atoms with Gasteiger partial charge in [-0.25, -0.2) is 25.6 Å². The van der Waals surface area contributed by atoms with Gasteiger partial charge in [0.1, 0.15) is 40.0 Å². The third-order valence-electron chi connectivity index (χ3n) is 7.95. The van der Waals surface area contributed by atoms with Crippen molar-refractivity contribution in [1.82, 2.24) is 4.58 Å². The molecule has 0 saturated carbocycles. The van der Waals surface area contributed by atoms with Gasteiger partial charge in [0.25, 0.3) is 10.1 Å². The summed E-state index contributed by atoms with van der Waals surface area (Å²) >= 11 is 0. The highest BCUT2D eigenvalue weighted by molar-refractivity contribution is 7.91. The van der Waals surface area contributed by atoms with Crippen LogP contribution in [0.1, 0.15) is 5.56 Å². The SMILES string of the molecule is COc1cc(S(=O)(=O)CCOS(=O)(=O)O)c(C)cc1Nc1ccc2c(-c3ccccc3S(=O)(=O)[O-])c3ccc(=[N+](C)CCS(=O)(=O)O)cc-3oc2c1. The molecule has 52 heavy (non-hydrogen) atoms. The van der Waals surface area contributed by atoms with Crippen LogP contribution >= 0.6 is 0 Å². The van der Waals surface area contributed by atoms with E-state index in [1.165, 1.54) is 44.4 Å². The van der Waals surface area contributed by atoms with Crippen LogP contribution in [0.3, 0.4) is 0 Å². The number of fused-ring (bicyclic) bond motifs is 2. The molecule has 0 aromatic heterocycles. The Bertz CT molecular complexity index is 2690. The Morgan fingerprint density at radius 1 is 0.846 bits per heavy atom. The third-order valence-corrected chi connectivity index (χ3v) is 11.8. The molecule has 0 spiro atoms. The van der Waals surface area contributed by atoms with E-state index in [1.807, 2.05) is 0 Å². The Balaban J connectivity index is 1.65. The Kier molecular flexibility index (Phi) is 10.9. The number of anilines is 2. The summed E-state index contributed by atoms with van der Waals surface area (Å²) in [5, 5.41) is 4.08. The van der Waals surface area contributed by atoms with Gasteiger partial charge in [-0.1, -0.05) is 18.2 Å². The molecule has 0 amide bonds. The van der Waals surface area contributed by atoms with Crippen LogP contribution in [0, 0.1) is 6.92 Å². The van der Waals surface area contributed by atoms with Crippen molar-refractivity contribution in [2.24, 2.45) is 0 Å². The summed E-state index contributed by atoms with van der Waals surface area (Å²) in [6, 6.07) is 18.2. The summed E-state index contributed by atoms with van der Waals surface area (Å²) in [7, 11) is -15.2. The molecule has 0 saturated heterocycles. The van der Waals surface area contributed by atoms with Gasteiger partial charge >= 0.3 is 10.4 Å². The van der Waals surface area contributed by atoms with Gasteiger partial charge in [0.05, 0.1) is 41.0 Å². The van der Waals surface area contributed by atoms with Crippen LogP contribution in [0.4, 0.5) is 11.4 Å². The lowest BCUT2D eigenvalue weighted by Crippen LogP contribution is -2.30. The first kappa shape index (κ1) is 38.8. The van der Waals surface area contributed by atoms with E-state index >= 15 is 0 Å². The summed E-state index contributed by atoms with van der Waals surface area (Å²) in [5.41, 5.74) is 2.18. The standard InChI is InChI=1S/C32H32N2O14S4/c1-20-16-26(29(46-3)19-31(20)49(35,36)15-13-47-52(43,44)45)33-21-8-10-23-27(17-21)48-28-18-22(34(2)12-14-50(37,38)39)9-11-24(28)32(23)25-6-4-5-7-30(25)51(40,41)42/h4-11,16-19H,12-15H2,1-3H3,(H3,37,38,39,40,41,42,43,44,45). The lowest BCUT2D eigenvalue weighted by Gasteiger charge is -2.20. The number of methoxy groups -OCH3 is 1. The van der Waals surface area contributed by atoms with Gasteiger partial charge in [-0.15, -0.1) is 0 Å². The van der Waals surface area contributed by atoms with E-state index in [-0.39, 0.29) is 39.7 Å². The van der Waals surface area contributed by atoms with Crippen molar-refractivity contribution in [3.05, 3.63) is 83.7 Å². The van der Waals surface area contributed by atoms with Gasteiger partial charge in [-0.05, 0) is 42.8 Å². The highest BCUT2D eigenvalue weighted by Gasteiger charge is 2.24. The quantitative estimate of drug-likeness (QED) is 0.0880. The van der Waals surface area contributed by atoms with E-state index in [4.69, 9.17) is 13.7 Å². The van der Waals surface area contributed by atoms with Gasteiger partial charge in [0, 0.05) is 46.0 Å². The zero-order valence-corrected chi connectivity index (χ0v) is 30.9. The van der Waals surface area contributed by atoms with Crippen molar-refractivity contribution in [2.45, 2.75) is 16.7 Å². The third kappa shape index (κ3) is 8.96. The monoisotopic (exact) mass is 796 g/mol. The van der Waals surface area contributed by atoms with E-state index in [9.17, 15) is 42.8 Å². The molecule has 3 aromatic carbocycles. The second-order valence-corrected chi connectivity index (χ2v) is 17.6. The molecular weight excluding hydrogens is 765 g/mol. The summed E-state index contributed by atoms with van der Waals surface area (Å²) in [5.74, 6) is -0.942. The maximum absolute atomic E-state index is 13.0. The summed E-state index contributed by atoms with van der Waals surface area (Å²) in [4.78, 5) is -0.622. The minimum Gasteiger partial charge on any atom is -0.744 e. The van der Waals surface area contributed by atoms with Crippen molar-refractivity contribution in [3.8, 4) is 28.2 Å². The molecule has 1 aliphatic carbocycles. The molecule has 1 aliphatic heterocycles. The Labute approximate surface area is 299 Å². The van der Waals surface area contributed by atoms with Crippen LogP contribution < -0.4 is 20.0 Å². The van der Waals surface area contributed by atoms with Crippen LogP contribution in [0.25, 0.3) is 33.4 Å². The molecule has 0 unspecified atom stereocenters. The van der Waals surface area contributed by atoms with Crippen molar-refractivity contribution in [2.75, 3.05) is 44.1 Å². The second-order valence-electron chi connectivity index (χ2n) is 11.5. The first-order valence-electron chi connectivity index (χ1n) is 15.0. The van der Waals surface area contributed by atoms with Crippen LogP contribution in [-0.4, -0.2) is 86.1 Å². The average Bonchev–Trinajstić information content (AvgIpc) is 3.04. The minimum atomic E-state index is -4.93. The van der Waals surface area contributed by atoms with E-state index in [0.717, 1.165) is 0 Å². The minimum absolute atomic E-state index is 0.0597. The fraction of sp³-hybridized carbons (Fsp3) is 0.219. The van der Waals surface area contributed by atoms with E-state index in [1.54, 1.807) is 54.1 Å². The predicted molar refractivity (Wildman–Crippen MR) is 189 cm³/mol. The normalized spacial score (nSPS) is 13.3. The van der Waals surface area contributed by atoms with Gasteiger partial charge in [-0.2, -0.15) is 16.8 Å². The largest absolute Gasteiger partial charge is 0.744 e. The fourth-order valence-corrected chi connectivity index (χ4v) is 8.49. The number of benzene rings is 4. The van der Waals surface area contributed by atoms with Crippen LogP contribution in [0.5, 0.6) is 5.75 Å². The van der Waals surface area contributed by atoms with Crippen LogP contribution in [0.15, 0.2) is 87.0 Å². The number of hydrogen-bond acceptors (Lipinski definition) is 13. The predicted octanol–water partition coefficient (Wildman–Crippen LogP) is 3.05. The summed E-state index contributed by atoms with van der Waals surface area (Å²) in [6.45, 7) is 0.644. The molecule has 3 N–H and O–H groups in total. The molecule has 16 nitrogen and oxygen atoms in total. The number of ether oxygens (including phenoxy) is 1. The molecule has 3 aromatic rings. The molecular formula is C32H32N2O14S4. The smallest absolute Gasteiger partial charge is 0.397 e. The highest BCUT2D eigenvalue weighted by atomic mass is 32.3. The first-order valence-corrected chi connectivity index (χ1v) is 21.1. The van der Waals surface area contributed by atoms with Crippen LogP contribution in [0.2, 0.25) is 0 Å². The van der Waals surface area contributed by atoms with Crippen molar-refractivity contribution in [3.63, 3.8) is 0 Å². The summed E-state index contributed by atoms with van der Waals surface area (Å²) < 4.78 is 143. The van der Waals surface area contributed by atoms with Crippen molar-refractivity contribution < 1.29 is 60.7 Å². The number of hydrogen-bond donors (Lipinski definition) is 3. The Hall–Kier alpha value is -4.41. The van der Waals surface area contributed by atoms with Crippen molar-refractivity contribution in [1.29, 1.82) is 0 Å². The van der Waals surface area contributed by atoms with Gasteiger partial charge in [0.2, 0.25) is 5.36 Å². The van der Waals surface area contributed by atoms with Crippen LogP contribution in [-0.2, 0) is 44.7 Å². The molecule has 0 fully saturated rings. The molecule has 1 heterocycles. The topological polar surface area (TPSA) is 247 Å². The van der Waals surface area contributed by atoms with Gasteiger partial charge in [0.15, 0.2) is 16.4 Å². The van der Waals surface area contributed by atoms with E-state index < -0.39 is 63.5 Å². The van der Waals surface area contributed by atoms with E-state index in [0.29, 0.717) is 33.2 Å². The van der Waals surface area contributed by atoms with Gasteiger partial charge in [-0.3, -0.25) is 9.11 Å². The average molecular weight is 797 g/mol. The first-order chi connectivity index (χ1) is 24.2.